The smallest absolute Gasteiger partial charge is 0.119 e. The zero-order valence-corrected chi connectivity index (χ0v) is 14.2. The molecule has 23 heavy (non-hydrogen) atoms. The summed E-state index contributed by atoms with van der Waals surface area (Å²) in [6.45, 7) is 4.47. The van der Waals surface area contributed by atoms with E-state index < -0.39 is 6.10 Å². The SMILES string of the molecule is C[C@H](COc1ccccc1)N[C@H](C)[C@H](O)c1ccc(O)cc1.Cl. The van der Waals surface area contributed by atoms with E-state index in [2.05, 4.69) is 5.32 Å². The van der Waals surface area contributed by atoms with E-state index in [4.69, 9.17) is 4.74 Å². The third kappa shape index (κ3) is 6.10. The Hall–Kier alpha value is -1.75. The highest BCUT2D eigenvalue weighted by Crippen LogP contribution is 2.20. The van der Waals surface area contributed by atoms with Crippen molar-refractivity contribution in [3.05, 3.63) is 60.2 Å². The fourth-order valence-electron chi connectivity index (χ4n) is 2.29. The van der Waals surface area contributed by atoms with Gasteiger partial charge in [-0.15, -0.1) is 12.4 Å². The monoisotopic (exact) mass is 337 g/mol. The summed E-state index contributed by atoms with van der Waals surface area (Å²) in [6.07, 6.45) is -0.639. The minimum absolute atomic E-state index is 0. The van der Waals surface area contributed by atoms with E-state index in [1.54, 1.807) is 24.3 Å². The molecule has 0 aliphatic carbocycles. The molecular weight excluding hydrogens is 314 g/mol. The molecule has 0 aliphatic heterocycles. The highest BCUT2D eigenvalue weighted by atomic mass is 35.5. The Morgan fingerprint density at radius 1 is 1.00 bits per heavy atom. The Morgan fingerprint density at radius 3 is 2.22 bits per heavy atom. The number of halogens is 1. The Bertz CT molecular complexity index is 562. The molecule has 2 aromatic carbocycles. The van der Waals surface area contributed by atoms with Gasteiger partial charge in [0.05, 0.1) is 6.10 Å². The summed E-state index contributed by atoms with van der Waals surface area (Å²) in [5, 5.41) is 22.9. The zero-order chi connectivity index (χ0) is 15.9. The van der Waals surface area contributed by atoms with Crippen LogP contribution in [0.5, 0.6) is 11.5 Å². The number of nitrogens with one attached hydrogen (secondary N) is 1. The number of ether oxygens (including phenoxy) is 1. The van der Waals surface area contributed by atoms with Crippen molar-refractivity contribution in [2.45, 2.75) is 32.0 Å². The summed E-state index contributed by atoms with van der Waals surface area (Å²) in [5.41, 5.74) is 0.772. The predicted molar refractivity (Wildman–Crippen MR) is 94.3 cm³/mol. The fourth-order valence-corrected chi connectivity index (χ4v) is 2.29. The summed E-state index contributed by atoms with van der Waals surface area (Å²) in [5.74, 6) is 1.03. The Balaban J connectivity index is 0.00000264. The van der Waals surface area contributed by atoms with Crippen molar-refractivity contribution in [2.75, 3.05) is 6.61 Å². The summed E-state index contributed by atoms with van der Waals surface area (Å²) < 4.78 is 5.69. The number of aliphatic hydroxyl groups excluding tert-OH is 1. The van der Waals surface area contributed by atoms with E-state index in [0.29, 0.717) is 6.61 Å². The molecule has 2 rings (SSSR count). The molecule has 0 radical (unpaired) electrons. The number of hydrogen-bond donors (Lipinski definition) is 3. The normalized spacial score (nSPS) is 14.4. The highest BCUT2D eigenvalue weighted by Gasteiger charge is 2.18. The van der Waals surface area contributed by atoms with Gasteiger partial charge in [0, 0.05) is 12.1 Å². The average molecular weight is 338 g/mol. The van der Waals surface area contributed by atoms with Crippen LogP contribution in [-0.2, 0) is 0 Å². The summed E-state index contributed by atoms with van der Waals surface area (Å²) in [6, 6.07) is 16.2. The molecule has 0 saturated carbocycles. The van der Waals surface area contributed by atoms with Crippen LogP contribution in [0.2, 0.25) is 0 Å². The van der Waals surface area contributed by atoms with Gasteiger partial charge in [0.2, 0.25) is 0 Å². The summed E-state index contributed by atoms with van der Waals surface area (Å²) in [7, 11) is 0. The highest BCUT2D eigenvalue weighted by molar-refractivity contribution is 5.85. The minimum Gasteiger partial charge on any atom is -0.508 e. The molecular formula is C18H24ClNO3. The standard InChI is InChI=1S/C18H23NO3.ClH/c1-13(12-22-17-6-4-3-5-7-17)19-14(2)18(21)15-8-10-16(20)11-9-15;/h3-11,13-14,18-21H,12H2,1-2H3;1H/t13-,14-,18+;/m1./s1. The lowest BCUT2D eigenvalue weighted by Gasteiger charge is -2.25. The van der Waals surface area contributed by atoms with Gasteiger partial charge in [-0.05, 0) is 43.7 Å². The molecule has 3 N–H and O–H groups in total. The molecule has 0 aliphatic rings. The quantitative estimate of drug-likeness (QED) is 0.725. The lowest BCUT2D eigenvalue weighted by Crippen LogP contribution is -2.41. The van der Waals surface area contributed by atoms with Gasteiger partial charge in [0.15, 0.2) is 0 Å². The van der Waals surface area contributed by atoms with E-state index in [1.165, 1.54) is 0 Å². The summed E-state index contributed by atoms with van der Waals surface area (Å²) >= 11 is 0. The summed E-state index contributed by atoms with van der Waals surface area (Å²) in [4.78, 5) is 0. The van der Waals surface area contributed by atoms with E-state index in [0.717, 1.165) is 11.3 Å². The topological polar surface area (TPSA) is 61.7 Å². The van der Waals surface area contributed by atoms with Gasteiger partial charge >= 0.3 is 0 Å². The molecule has 3 atom stereocenters. The minimum atomic E-state index is -0.639. The van der Waals surface area contributed by atoms with Crippen LogP contribution in [0.15, 0.2) is 54.6 Å². The first kappa shape index (κ1) is 19.3. The molecule has 0 amide bonds. The lowest BCUT2D eigenvalue weighted by atomic mass is 10.0. The van der Waals surface area contributed by atoms with Crippen LogP contribution in [0.25, 0.3) is 0 Å². The third-order valence-corrected chi connectivity index (χ3v) is 3.50. The van der Waals surface area contributed by atoms with Gasteiger partial charge in [0.25, 0.3) is 0 Å². The number of rotatable bonds is 7. The first-order chi connectivity index (χ1) is 10.6. The van der Waals surface area contributed by atoms with Crippen molar-refractivity contribution in [3.8, 4) is 11.5 Å². The van der Waals surface area contributed by atoms with E-state index >= 15 is 0 Å². The van der Waals surface area contributed by atoms with Crippen molar-refractivity contribution in [1.29, 1.82) is 0 Å². The Labute approximate surface area is 143 Å². The number of aliphatic hydroxyl groups is 1. The van der Waals surface area contributed by atoms with Crippen molar-refractivity contribution in [1.82, 2.24) is 5.32 Å². The maximum Gasteiger partial charge on any atom is 0.119 e. The van der Waals surface area contributed by atoms with E-state index in [1.807, 2.05) is 44.2 Å². The van der Waals surface area contributed by atoms with Gasteiger partial charge in [0.1, 0.15) is 18.1 Å². The second-order valence-electron chi connectivity index (χ2n) is 5.52. The number of benzene rings is 2. The third-order valence-electron chi connectivity index (χ3n) is 3.50. The molecule has 0 heterocycles. The van der Waals surface area contributed by atoms with Gasteiger partial charge < -0.3 is 20.3 Å². The van der Waals surface area contributed by atoms with Crippen LogP contribution in [0.4, 0.5) is 0 Å². The van der Waals surface area contributed by atoms with Crippen LogP contribution in [-0.4, -0.2) is 28.9 Å². The number of phenolic OH excluding ortho intramolecular Hbond substituents is 1. The van der Waals surface area contributed by atoms with Crippen LogP contribution in [0.1, 0.15) is 25.5 Å². The first-order valence-corrected chi connectivity index (χ1v) is 7.47. The number of para-hydroxylation sites is 1. The van der Waals surface area contributed by atoms with E-state index in [-0.39, 0.29) is 30.2 Å². The second-order valence-corrected chi connectivity index (χ2v) is 5.52. The predicted octanol–water partition coefficient (Wildman–Crippen LogP) is 3.29. The molecule has 0 bridgehead atoms. The maximum absolute atomic E-state index is 10.3. The molecule has 2 aromatic rings. The van der Waals surface area contributed by atoms with Crippen molar-refractivity contribution in [3.63, 3.8) is 0 Å². The largest absolute Gasteiger partial charge is 0.508 e. The van der Waals surface area contributed by atoms with Crippen LogP contribution >= 0.6 is 12.4 Å². The fraction of sp³-hybridized carbons (Fsp3) is 0.333. The zero-order valence-electron chi connectivity index (χ0n) is 13.3. The van der Waals surface area contributed by atoms with Gasteiger partial charge in [-0.1, -0.05) is 30.3 Å². The maximum atomic E-state index is 10.3. The van der Waals surface area contributed by atoms with Gasteiger partial charge in [-0.25, -0.2) is 0 Å². The average Bonchev–Trinajstić information content (AvgIpc) is 2.54. The molecule has 5 heteroatoms. The van der Waals surface area contributed by atoms with E-state index in [9.17, 15) is 10.2 Å². The van der Waals surface area contributed by atoms with Crippen LogP contribution < -0.4 is 10.1 Å². The molecule has 0 saturated heterocycles. The van der Waals surface area contributed by atoms with Crippen LogP contribution in [0.3, 0.4) is 0 Å². The lowest BCUT2D eigenvalue weighted by molar-refractivity contribution is 0.124. The molecule has 126 valence electrons. The number of hydrogen-bond acceptors (Lipinski definition) is 4. The second kappa shape index (κ2) is 9.40. The Morgan fingerprint density at radius 2 is 1.61 bits per heavy atom. The molecule has 4 nitrogen and oxygen atoms in total. The van der Waals surface area contributed by atoms with Gasteiger partial charge in [-0.3, -0.25) is 0 Å². The van der Waals surface area contributed by atoms with Gasteiger partial charge in [-0.2, -0.15) is 0 Å². The number of aromatic hydroxyl groups is 1. The van der Waals surface area contributed by atoms with Crippen LogP contribution in [0, 0.1) is 0 Å². The molecule has 0 aromatic heterocycles. The van der Waals surface area contributed by atoms with Crippen molar-refractivity contribution < 1.29 is 14.9 Å². The van der Waals surface area contributed by atoms with Crippen molar-refractivity contribution >= 4 is 12.4 Å². The molecule has 0 fully saturated rings. The number of phenols is 1. The molecule has 0 spiro atoms. The Kier molecular flexibility index (Phi) is 7.89. The first-order valence-electron chi connectivity index (χ1n) is 7.47. The molecule has 0 unspecified atom stereocenters. The van der Waals surface area contributed by atoms with Crippen molar-refractivity contribution in [2.24, 2.45) is 0 Å².